The number of nitrogens with zero attached hydrogens (tertiary/aromatic N) is 5. The summed E-state index contributed by atoms with van der Waals surface area (Å²) in [5, 5.41) is 17.0. The fourth-order valence-electron chi connectivity index (χ4n) is 2.48. The number of carboxylic acids is 1. The molecule has 0 unspecified atom stereocenters. The molecule has 3 rings (SSSR count). The van der Waals surface area contributed by atoms with E-state index in [0.29, 0.717) is 6.54 Å². The fourth-order valence-corrected chi connectivity index (χ4v) is 3.64. The lowest BCUT2D eigenvalue weighted by Gasteiger charge is -2.11. The standard InChI is InChI=1S/C15H16N6O4S/c1-20-14(15(22)23)13(7-17-20)26(24,25)19-6-11-4-2-3-5-12(11)8-21-10-16-9-18-21/h2-5,7,9-10,19H,6,8H2,1H3,(H,22,23). The first kappa shape index (κ1) is 17.8. The predicted molar refractivity (Wildman–Crippen MR) is 89.8 cm³/mol. The topological polar surface area (TPSA) is 132 Å². The Bertz CT molecular complexity index is 1030. The highest BCUT2D eigenvalue weighted by molar-refractivity contribution is 7.89. The van der Waals surface area contributed by atoms with Crippen LogP contribution in [0.2, 0.25) is 0 Å². The quantitative estimate of drug-likeness (QED) is 0.603. The first-order chi connectivity index (χ1) is 12.4. The molecule has 1 aromatic carbocycles. The zero-order valence-corrected chi connectivity index (χ0v) is 14.6. The number of hydrogen-bond acceptors (Lipinski definition) is 6. The highest BCUT2D eigenvalue weighted by Gasteiger charge is 2.26. The van der Waals surface area contributed by atoms with Gasteiger partial charge in [-0.3, -0.25) is 4.68 Å². The summed E-state index contributed by atoms with van der Waals surface area (Å²) < 4.78 is 30.1. The van der Waals surface area contributed by atoms with Crippen molar-refractivity contribution in [2.24, 2.45) is 7.05 Å². The van der Waals surface area contributed by atoms with E-state index >= 15 is 0 Å². The molecule has 0 aliphatic carbocycles. The summed E-state index contributed by atoms with van der Waals surface area (Å²) in [5.41, 5.74) is 1.21. The van der Waals surface area contributed by atoms with Crippen LogP contribution in [0.4, 0.5) is 0 Å². The Balaban J connectivity index is 1.82. The molecule has 136 valence electrons. The fraction of sp³-hybridized carbons (Fsp3) is 0.200. The van der Waals surface area contributed by atoms with Gasteiger partial charge in [0.2, 0.25) is 10.0 Å². The summed E-state index contributed by atoms with van der Waals surface area (Å²) in [6.07, 6.45) is 4.00. The molecule has 0 fully saturated rings. The Morgan fingerprint density at radius 3 is 2.62 bits per heavy atom. The smallest absolute Gasteiger partial charge is 0.355 e. The van der Waals surface area contributed by atoms with Crippen molar-refractivity contribution in [1.29, 1.82) is 0 Å². The van der Waals surface area contributed by atoms with Crippen LogP contribution in [-0.2, 0) is 30.2 Å². The van der Waals surface area contributed by atoms with Gasteiger partial charge in [0.05, 0.1) is 12.7 Å². The Labute approximate surface area is 149 Å². The lowest BCUT2D eigenvalue weighted by Crippen LogP contribution is -2.25. The maximum atomic E-state index is 12.5. The van der Waals surface area contributed by atoms with Crippen LogP contribution in [0.1, 0.15) is 21.6 Å². The first-order valence-corrected chi connectivity index (χ1v) is 9.01. The van der Waals surface area contributed by atoms with Crippen LogP contribution in [0.15, 0.2) is 48.0 Å². The number of nitrogens with one attached hydrogen (secondary N) is 1. The van der Waals surface area contributed by atoms with Crippen molar-refractivity contribution in [2.45, 2.75) is 18.0 Å². The van der Waals surface area contributed by atoms with Crippen LogP contribution in [0.5, 0.6) is 0 Å². The highest BCUT2D eigenvalue weighted by Crippen LogP contribution is 2.16. The van der Waals surface area contributed by atoms with Crippen molar-refractivity contribution in [3.63, 3.8) is 0 Å². The molecule has 26 heavy (non-hydrogen) atoms. The Kier molecular flexibility index (Phi) is 4.82. The zero-order valence-electron chi connectivity index (χ0n) is 13.8. The second-order valence-corrected chi connectivity index (χ2v) is 7.21. The van der Waals surface area contributed by atoms with Crippen molar-refractivity contribution in [3.05, 3.63) is 59.9 Å². The van der Waals surface area contributed by atoms with Gasteiger partial charge in [0.25, 0.3) is 0 Å². The Morgan fingerprint density at radius 2 is 1.96 bits per heavy atom. The average Bonchev–Trinajstić information content (AvgIpc) is 3.23. The SMILES string of the molecule is Cn1ncc(S(=O)(=O)NCc2ccccc2Cn2cncn2)c1C(=O)O. The summed E-state index contributed by atoms with van der Waals surface area (Å²) >= 11 is 0. The number of benzene rings is 1. The normalized spacial score (nSPS) is 11.6. The Morgan fingerprint density at radius 1 is 1.23 bits per heavy atom. The molecule has 2 N–H and O–H groups in total. The number of carbonyl (C=O) groups is 1. The molecular weight excluding hydrogens is 360 g/mol. The zero-order chi connectivity index (χ0) is 18.7. The third kappa shape index (κ3) is 3.63. The molecule has 0 spiro atoms. The van der Waals surface area contributed by atoms with E-state index in [0.717, 1.165) is 22.0 Å². The summed E-state index contributed by atoms with van der Waals surface area (Å²) in [6, 6.07) is 7.28. The molecule has 10 nitrogen and oxygen atoms in total. The number of carboxylic acid groups (broad SMARTS) is 1. The van der Waals surface area contributed by atoms with Crippen molar-refractivity contribution in [3.8, 4) is 0 Å². The number of hydrogen-bond donors (Lipinski definition) is 2. The minimum atomic E-state index is -4.04. The van der Waals surface area contributed by atoms with E-state index in [-0.39, 0.29) is 11.4 Å². The van der Waals surface area contributed by atoms with Gasteiger partial charge in [-0.1, -0.05) is 24.3 Å². The molecule has 2 aromatic heterocycles. The van der Waals surface area contributed by atoms with Gasteiger partial charge in [0.1, 0.15) is 17.6 Å². The molecule has 0 saturated heterocycles. The second kappa shape index (κ2) is 7.06. The Hall–Kier alpha value is -3.05. The number of aromatic nitrogens is 5. The molecule has 0 amide bonds. The molecule has 0 saturated carbocycles. The number of aryl methyl sites for hydroxylation is 1. The lowest BCUT2D eigenvalue weighted by molar-refractivity contribution is 0.0680. The van der Waals surface area contributed by atoms with Gasteiger partial charge in [-0.05, 0) is 11.1 Å². The van der Waals surface area contributed by atoms with E-state index in [1.165, 1.54) is 13.4 Å². The van der Waals surface area contributed by atoms with Gasteiger partial charge in [0, 0.05) is 13.6 Å². The monoisotopic (exact) mass is 376 g/mol. The van der Waals surface area contributed by atoms with E-state index in [1.54, 1.807) is 23.1 Å². The molecule has 0 bridgehead atoms. The second-order valence-electron chi connectivity index (χ2n) is 5.47. The van der Waals surface area contributed by atoms with Crippen molar-refractivity contribution in [2.75, 3.05) is 0 Å². The number of aromatic carboxylic acids is 1. The molecule has 2 heterocycles. The minimum Gasteiger partial charge on any atom is -0.476 e. The maximum absolute atomic E-state index is 12.5. The van der Waals surface area contributed by atoms with Gasteiger partial charge >= 0.3 is 5.97 Å². The minimum absolute atomic E-state index is 0.00115. The molecule has 0 aliphatic heterocycles. The summed E-state index contributed by atoms with van der Waals surface area (Å²) in [7, 11) is -2.67. The van der Waals surface area contributed by atoms with E-state index in [4.69, 9.17) is 0 Å². The summed E-state index contributed by atoms with van der Waals surface area (Å²) in [5.74, 6) is -1.36. The van der Waals surface area contributed by atoms with Gasteiger partial charge < -0.3 is 5.11 Å². The van der Waals surface area contributed by atoms with Gasteiger partial charge in [0.15, 0.2) is 5.69 Å². The summed E-state index contributed by atoms with van der Waals surface area (Å²) in [6.45, 7) is 0.437. The third-order valence-corrected chi connectivity index (χ3v) is 5.17. The van der Waals surface area contributed by atoms with Crippen LogP contribution >= 0.6 is 0 Å². The van der Waals surface area contributed by atoms with Gasteiger partial charge in [-0.2, -0.15) is 10.2 Å². The molecular formula is C15H16N6O4S. The van der Waals surface area contributed by atoms with Crippen LogP contribution in [0.3, 0.4) is 0 Å². The van der Waals surface area contributed by atoms with Crippen LogP contribution < -0.4 is 4.72 Å². The van der Waals surface area contributed by atoms with E-state index in [2.05, 4.69) is 19.9 Å². The van der Waals surface area contributed by atoms with Crippen molar-refractivity contribution in [1.82, 2.24) is 29.3 Å². The molecule has 0 aliphatic rings. The molecule has 0 atom stereocenters. The molecule has 0 radical (unpaired) electrons. The van der Waals surface area contributed by atoms with Crippen molar-refractivity contribution < 1.29 is 18.3 Å². The highest BCUT2D eigenvalue weighted by atomic mass is 32.2. The lowest BCUT2D eigenvalue weighted by atomic mass is 10.1. The van der Waals surface area contributed by atoms with E-state index in [1.807, 2.05) is 12.1 Å². The number of sulfonamides is 1. The summed E-state index contributed by atoms with van der Waals surface area (Å²) in [4.78, 5) is 14.8. The van der Waals surface area contributed by atoms with Gasteiger partial charge in [-0.25, -0.2) is 27.6 Å². The van der Waals surface area contributed by atoms with E-state index < -0.39 is 21.7 Å². The van der Waals surface area contributed by atoms with E-state index in [9.17, 15) is 18.3 Å². The van der Waals surface area contributed by atoms with Gasteiger partial charge in [-0.15, -0.1) is 0 Å². The average molecular weight is 376 g/mol. The first-order valence-electron chi connectivity index (χ1n) is 7.52. The van der Waals surface area contributed by atoms with Crippen molar-refractivity contribution >= 4 is 16.0 Å². The molecule has 3 aromatic rings. The third-order valence-electron chi connectivity index (χ3n) is 3.77. The van der Waals surface area contributed by atoms with Crippen LogP contribution in [0, 0.1) is 0 Å². The maximum Gasteiger partial charge on any atom is 0.355 e. The predicted octanol–water partition coefficient (Wildman–Crippen LogP) is 0.237. The molecule has 11 heteroatoms. The number of rotatable bonds is 7. The largest absolute Gasteiger partial charge is 0.476 e. The van der Waals surface area contributed by atoms with Crippen LogP contribution in [-0.4, -0.2) is 44.0 Å². The van der Waals surface area contributed by atoms with Crippen LogP contribution in [0.25, 0.3) is 0 Å².